The van der Waals surface area contributed by atoms with E-state index in [1.54, 1.807) is 0 Å². The third kappa shape index (κ3) is 8.87. The number of carbonyl (C=O) groups excluding carboxylic acids is 1. The number of nitrogens with one attached hydrogen (secondary N) is 1. The quantitative estimate of drug-likeness (QED) is 0.0884. The zero-order chi connectivity index (χ0) is 37.2. The molecular formula is C27H47NO22. The summed E-state index contributed by atoms with van der Waals surface area (Å²) in [5.74, 6) is -0.648. The van der Waals surface area contributed by atoms with Crippen LogP contribution in [-0.2, 0) is 38.0 Å². The minimum atomic E-state index is -2.01. The molecule has 4 fully saturated rings. The Morgan fingerprint density at radius 1 is 0.620 bits per heavy atom. The van der Waals surface area contributed by atoms with Crippen molar-refractivity contribution in [2.24, 2.45) is 0 Å². The van der Waals surface area contributed by atoms with Gasteiger partial charge >= 0.3 is 0 Å². The van der Waals surface area contributed by atoms with Crippen molar-refractivity contribution >= 4 is 5.91 Å². The zero-order valence-corrected chi connectivity index (χ0v) is 26.5. The second-order valence-electron chi connectivity index (χ2n) is 12.5. The number of aliphatic hydroxyl groups is 14. The molecule has 0 radical (unpaired) electrons. The average Bonchev–Trinajstić information content (AvgIpc) is 3.08. The van der Waals surface area contributed by atoms with Crippen LogP contribution in [0.25, 0.3) is 0 Å². The fraction of sp³-hybridized carbons (Fsp3) is 0.963. The highest BCUT2D eigenvalue weighted by molar-refractivity contribution is 5.73. The van der Waals surface area contributed by atoms with Crippen LogP contribution in [0.2, 0.25) is 0 Å². The maximum Gasteiger partial charge on any atom is 0.217 e. The van der Waals surface area contributed by atoms with Gasteiger partial charge in [-0.1, -0.05) is 0 Å². The molecule has 21 atom stereocenters. The fourth-order valence-corrected chi connectivity index (χ4v) is 5.96. The van der Waals surface area contributed by atoms with Crippen molar-refractivity contribution in [1.29, 1.82) is 0 Å². The first kappa shape index (κ1) is 41.4. The second-order valence-corrected chi connectivity index (χ2v) is 12.5. The van der Waals surface area contributed by atoms with Crippen LogP contribution in [-0.4, -0.2) is 233 Å². The summed E-state index contributed by atoms with van der Waals surface area (Å²) >= 11 is 0. The molecule has 0 aromatic carbocycles. The molecule has 0 unspecified atom stereocenters. The van der Waals surface area contributed by atoms with Gasteiger partial charge in [0, 0.05) is 6.92 Å². The molecule has 4 heterocycles. The van der Waals surface area contributed by atoms with Crippen molar-refractivity contribution in [3.05, 3.63) is 0 Å². The number of amides is 1. The Morgan fingerprint density at radius 3 is 1.78 bits per heavy atom. The van der Waals surface area contributed by atoms with E-state index < -0.39 is 161 Å². The number of rotatable bonds is 12. The lowest BCUT2D eigenvalue weighted by Crippen LogP contribution is -2.65. The summed E-state index contributed by atoms with van der Waals surface area (Å²) in [5, 5.41) is 146. The van der Waals surface area contributed by atoms with Crippen LogP contribution in [0.4, 0.5) is 0 Å². The molecule has 4 saturated heterocycles. The smallest absolute Gasteiger partial charge is 0.217 e. The van der Waals surface area contributed by atoms with Crippen molar-refractivity contribution in [3.63, 3.8) is 0 Å². The first-order valence-corrected chi connectivity index (χ1v) is 15.7. The van der Waals surface area contributed by atoms with Crippen molar-refractivity contribution in [2.75, 3.05) is 26.4 Å². The van der Waals surface area contributed by atoms with Crippen LogP contribution in [0.1, 0.15) is 6.92 Å². The Kier molecular flexibility index (Phi) is 14.6. The topological polar surface area (TPSA) is 377 Å². The Bertz CT molecular complexity index is 1080. The monoisotopic (exact) mass is 737 g/mol. The van der Waals surface area contributed by atoms with Crippen molar-refractivity contribution in [1.82, 2.24) is 5.32 Å². The van der Waals surface area contributed by atoms with Crippen molar-refractivity contribution in [2.45, 2.75) is 136 Å². The molecule has 1 amide bonds. The molecule has 0 aliphatic carbocycles. The van der Waals surface area contributed by atoms with E-state index in [0.29, 0.717) is 0 Å². The first-order valence-electron chi connectivity index (χ1n) is 15.7. The zero-order valence-electron chi connectivity index (χ0n) is 26.5. The lowest BCUT2D eigenvalue weighted by molar-refractivity contribution is -0.368. The lowest BCUT2D eigenvalue weighted by atomic mass is 9.95. The summed E-state index contributed by atoms with van der Waals surface area (Å²) in [6.07, 6.45) is -35.6. The molecule has 15 N–H and O–H groups in total. The molecule has 0 saturated carbocycles. The Hall–Kier alpha value is -1.37. The van der Waals surface area contributed by atoms with E-state index in [1.165, 1.54) is 0 Å². The summed E-state index contributed by atoms with van der Waals surface area (Å²) in [4.78, 5) is 11.7. The standard InChI is InChI=1S/C27H47NO22/c1-6(31)28-11-15(36)12(33)9(3-30)47-25(11)44-4-7(32)22-19(40)17(38)20(41)26(49-22)45-5-10-14(35)16(37)21(42)27(48-10)50-23-18(39)13(34)8(2-29)46-24(23)43/h7-27,29-30,32-43H,2-5H2,1H3,(H,28,31)/t7-,8+,9+,10+,11+,12+,13+,14+,15+,16-,17-,18-,19-,20-,21+,22+,23+,24-,25+,26-,27+/m0/s1. The average molecular weight is 738 g/mol. The third-order valence-electron chi connectivity index (χ3n) is 8.89. The van der Waals surface area contributed by atoms with E-state index in [0.717, 1.165) is 6.92 Å². The van der Waals surface area contributed by atoms with Gasteiger partial charge in [-0.05, 0) is 0 Å². The summed E-state index contributed by atoms with van der Waals surface area (Å²) in [6, 6.07) is -1.37. The van der Waals surface area contributed by atoms with Gasteiger partial charge in [-0.2, -0.15) is 0 Å². The van der Waals surface area contributed by atoms with E-state index in [4.69, 9.17) is 33.2 Å². The third-order valence-corrected chi connectivity index (χ3v) is 8.89. The number of ether oxygens (including phenoxy) is 7. The maximum absolute atomic E-state index is 11.7. The highest BCUT2D eigenvalue weighted by atomic mass is 16.8. The molecule has 23 nitrogen and oxygen atoms in total. The molecule has 0 spiro atoms. The highest BCUT2D eigenvalue weighted by Gasteiger charge is 2.52. The van der Waals surface area contributed by atoms with E-state index in [2.05, 4.69) is 5.32 Å². The molecule has 4 aliphatic rings. The molecule has 50 heavy (non-hydrogen) atoms. The van der Waals surface area contributed by atoms with Crippen LogP contribution < -0.4 is 5.32 Å². The normalized spacial score (nSPS) is 49.3. The van der Waals surface area contributed by atoms with Gasteiger partial charge in [-0.3, -0.25) is 4.79 Å². The van der Waals surface area contributed by atoms with Gasteiger partial charge in [0.2, 0.25) is 5.91 Å². The van der Waals surface area contributed by atoms with Crippen LogP contribution in [0.5, 0.6) is 0 Å². The van der Waals surface area contributed by atoms with Crippen LogP contribution in [0.15, 0.2) is 0 Å². The van der Waals surface area contributed by atoms with Crippen molar-refractivity contribution < 1.29 is 109 Å². The summed E-state index contributed by atoms with van der Waals surface area (Å²) in [7, 11) is 0. The predicted molar refractivity (Wildman–Crippen MR) is 151 cm³/mol. The van der Waals surface area contributed by atoms with Gasteiger partial charge in [-0.15, -0.1) is 0 Å². The molecule has 0 aromatic rings. The van der Waals surface area contributed by atoms with Gasteiger partial charge < -0.3 is 110 Å². The fourth-order valence-electron chi connectivity index (χ4n) is 5.96. The van der Waals surface area contributed by atoms with Gasteiger partial charge in [0.25, 0.3) is 0 Å². The Morgan fingerprint density at radius 2 is 1.16 bits per heavy atom. The van der Waals surface area contributed by atoms with E-state index in [9.17, 15) is 76.3 Å². The SMILES string of the molecule is CC(=O)N[C@H]1[C@H](OC[C@H](O)[C@H]2O[C@H](OC[C@H]3O[C@H](O[C@@H]4[C@@H](O)[C@H](O)[C@@H](CO)O[C@@H]4O)[C@H](O)[C@@H](O)[C@@H]3O)[C@@H](O)[C@@H](O)[C@@H]2O)O[C@H](CO)[C@@H](O)[C@@H]1O. The number of carbonyl (C=O) groups is 1. The number of aliphatic hydroxyl groups excluding tert-OH is 14. The largest absolute Gasteiger partial charge is 0.394 e. The molecule has 0 bridgehead atoms. The first-order chi connectivity index (χ1) is 23.5. The highest BCUT2D eigenvalue weighted by Crippen LogP contribution is 2.31. The molecule has 23 heteroatoms. The van der Waals surface area contributed by atoms with E-state index in [-0.39, 0.29) is 0 Å². The van der Waals surface area contributed by atoms with Crippen LogP contribution in [0.3, 0.4) is 0 Å². The van der Waals surface area contributed by atoms with E-state index in [1.807, 2.05) is 0 Å². The summed E-state index contributed by atoms with van der Waals surface area (Å²) in [6.45, 7) is -1.98. The predicted octanol–water partition coefficient (Wildman–Crippen LogP) is -10.2. The van der Waals surface area contributed by atoms with Crippen LogP contribution >= 0.6 is 0 Å². The lowest BCUT2D eigenvalue weighted by Gasteiger charge is -2.46. The van der Waals surface area contributed by atoms with Gasteiger partial charge in [-0.25, -0.2) is 0 Å². The number of hydrogen-bond acceptors (Lipinski definition) is 22. The van der Waals surface area contributed by atoms with Gasteiger partial charge in [0.15, 0.2) is 25.2 Å². The Labute approximate surface area is 283 Å². The molecule has 4 rings (SSSR count). The van der Waals surface area contributed by atoms with E-state index >= 15 is 0 Å². The molecule has 0 aromatic heterocycles. The van der Waals surface area contributed by atoms with Gasteiger partial charge in [0.05, 0.1) is 26.4 Å². The minimum absolute atomic E-state index is 0.648. The van der Waals surface area contributed by atoms with Crippen LogP contribution in [0, 0.1) is 0 Å². The summed E-state index contributed by atoms with van der Waals surface area (Å²) < 4.78 is 37.6. The molecule has 292 valence electrons. The Balaban J connectivity index is 1.39. The number of hydrogen-bond donors (Lipinski definition) is 15. The molecular weight excluding hydrogens is 690 g/mol. The van der Waals surface area contributed by atoms with Gasteiger partial charge in [0.1, 0.15) is 104 Å². The summed E-state index contributed by atoms with van der Waals surface area (Å²) in [5.41, 5.74) is 0. The minimum Gasteiger partial charge on any atom is -0.394 e. The molecule has 4 aliphatic heterocycles. The maximum atomic E-state index is 11.7. The van der Waals surface area contributed by atoms with Crippen molar-refractivity contribution in [3.8, 4) is 0 Å². The second kappa shape index (κ2) is 17.6.